The van der Waals surface area contributed by atoms with Crippen LogP contribution in [0.1, 0.15) is 33.4 Å². The summed E-state index contributed by atoms with van der Waals surface area (Å²) in [5.74, 6) is -0.405. The zero-order valence-corrected chi connectivity index (χ0v) is 15.0. The largest absolute Gasteiger partial charge is 0.320 e. The van der Waals surface area contributed by atoms with Gasteiger partial charge in [0, 0.05) is 9.75 Å². The first-order valence-corrected chi connectivity index (χ1v) is 9.55. The standard InChI is InChI=1S/C18H16N2O2S2/c1-3-9-5-7-11(23-9)15-13-14(18(22)19-15)16(20-17(13)21)12-8-6-10(4-2)24-12/h5-8H,3-4H2,1-2H3,(H,19,22)(H,20,21). The van der Waals surface area contributed by atoms with Crippen LogP contribution in [-0.2, 0) is 22.4 Å². The average molecular weight is 356 g/mol. The number of nitrogens with one attached hydrogen (secondary N) is 2. The molecule has 2 N–H and O–H groups in total. The van der Waals surface area contributed by atoms with Crippen LogP contribution in [0.3, 0.4) is 0 Å². The van der Waals surface area contributed by atoms with Gasteiger partial charge in [0.15, 0.2) is 0 Å². The highest BCUT2D eigenvalue weighted by Gasteiger charge is 2.41. The summed E-state index contributed by atoms with van der Waals surface area (Å²) in [7, 11) is 0. The topological polar surface area (TPSA) is 58.2 Å². The Morgan fingerprint density at radius 2 is 1.17 bits per heavy atom. The van der Waals surface area contributed by atoms with Gasteiger partial charge >= 0.3 is 0 Å². The molecule has 0 saturated carbocycles. The van der Waals surface area contributed by atoms with Gasteiger partial charge in [0.1, 0.15) is 0 Å². The molecule has 2 aromatic rings. The fraction of sp³-hybridized carbons (Fsp3) is 0.222. The zero-order valence-electron chi connectivity index (χ0n) is 13.4. The maximum atomic E-state index is 12.5. The number of fused-ring (bicyclic) bond motifs is 1. The smallest absolute Gasteiger partial charge is 0.258 e. The van der Waals surface area contributed by atoms with Crippen LogP contribution in [-0.4, -0.2) is 11.8 Å². The van der Waals surface area contributed by atoms with Gasteiger partial charge in [0.05, 0.1) is 32.3 Å². The molecule has 4 nitrogen and oxygen atoms in total. The number of amides is 2. The van der Waals surface area contributed by atoms with Gasteiger partial charge in [-0.3, -0.25) is 9.59 Å². The zero-order chi connectivity index (χ0) is 16.8. The Hall–Kier alpha value is -2.18. The monoisotopic (exact) mass is 356 g/mol. The van der Waals surface area contributed by atoms with E-state index in [1.165, 1.54) is 9.75 Å². The van der Waals surface area contributed by atoms with E-state index in [0.717, 1.165) is 22.6 Å². The van der Waals surface area contributed by atoms with E-state index in [9.17, 15) is 9.59 Å². The van der Waals surface area contributed by atoms with E-state index in [0.29, 0.717) is 22.5 Å². The Morgan fingerprint density at radius 1 is 0.750 bits per heavy atom. The first-order chi connectivity index (χ1) is 11.6. The summed E-state index contributed by atoms with van der Waals surface area (Å²) in [6.45, 7) is 4.18. The Morgan fingerprint density at radius 3 is 1.50 bits per heavy atom. The lowest BCUT2D eigenvalue weighted by molar-refractivity contribution is -0.117. The van der Waals surface area contributed by atoms with E-state index < -0.39 is 0 Å². The number of carbonyl (C=O) groups is 2. The molecule has 6 heteroatoms. The molecule has 2 aromatic heterocycles. The second-order valence-corrected chi connectivity index (χ2v) is 7.98. The van der Waals surface area contributed by atoms with Crippen molar-refractivity contribution >= 4 is 45.9 Å². The normalized spacial score (nSPS) is 16.8. The molecule has 0 aromatic carbocycles. The third kappa shape index (κ3) is 2.25. The van der Waals surface area contributed by atoms with Crippen LogP contribution >= 0.6 is 22.7 Å². The quantitative estimate of drug-likeness (QED) is 0.883. The first kappa shape index (κ1) is 15.4. The van der Waals surface area contributed by atoms with Gasteiger partial charge in [0.25, 0.3) is 11.8 Å². The predicted molar refractivity (Wildman–Crippen MR) is 97.5 cm³/mol. The van der Waals surface area contributed by atoms with E-state index in [4.69, 9.17) is 0 Å². The lowest BCUT2D eigenvalue weighted by atomic mass is 10.1. The van der Waals surface area contributed by atoms with E-state index in [1.807, 2.05) is 24.3 Å². The van der Waals surface area contributed by atoms with Crippen LogP contribution < -0.4 is 10.6 Å². The van der Waals surface area contributed by atoms with Gasteiger partial charge in [0.2, 0.25) is 0 Å². The van der Waals surface area contributed by atoms with Crippen molar-refractivity contribution in [2.45, 2.75) is 26.7 Å². The van der Waals surface area contributed by atoms with Crippen molar-refractivity contribution < 1.29 is 9.59 Å². The summed E-state index contributed by atoms with van der Waals surface area (Å²) in [6.07, 6.45) is 1.88. The Labute approximate surface area is 147 Å². The highest BCUT2D eigenvalue weighted by molar-refractivity contribution is 7.13. The molecule has 0 unspecified atom stereocenters. The molecule has 0 saturated heterocycles. The number of hydrogen-bond donors (Lipinski definition) is 2. The van der Waals surface area contributed by atoms with Crippen LogP contribution in [0, 0.1) is 0 Å². The van der Waals surface area contributed by atoms with Crippen LogP contribution in [0.15, 0.2) is 35.4 Å². The Kier molecular flexibility index (Phi) is 3.66. The highest BCUT2D eigenvalue weighted by Crippen LogP contribution is 2.40. The maximum absolute atomic E-state index is 12.5. The predicted octanol–water partition coefficient (Wildman–Crippen LogP) is 3.32. The SMILES string of the molecule is CCc1ccc(C2=C3C(=O)NC(c4ccc(CC)s4)=C3C(=O)N2)s1. The van der Waals surface area contributed by atoms with Crippen molar-refractivity contribution in [2.24, 2.45) is 0 Å². The molecule has 122 valence electrons. The van der Waals surface area contributed by atoms with Crippen LogP contribution in [0.4, 0.5) is 0 Å². The molecule has 0 bridgehead atoms. The average Bonchev–Trinajstić information content (AvgIpc) is 3.32. The number of thiophene rings is 2. The summed E-state index contributed by atoms with van der Waals surface area (Å²) in [4.78, 5) is 29.4. The van der Waals surface area contributed by atoms with Crippen molar-refractivity contribution in [1.29, 1.82) is 0 Å². The molecule has 0 aliphatic carbocycles. The van der Waals surface area contributed by atoms with E-state index in [-0.39, 0.29) is 11.8 Å². The van der Waals surface area contributed by atoms with E-state index in [2.05, 4.69) is 24.5 Å². The van der Waals surface area contributed by atoms with Gasteiger partial charge in [-0.1, -0.05) is 13.8 Å². The molecule has 24 heavy (non-hydrogen) atoms. The maximum Gasteiger partial charge on any atom is 0.258 e. The molecular weight excluding hydrogens is 340 g/mol. The molecule has 4 rings (SSSR count). The van der Waals surface area contributed by atoms with Crippen molar-refractivity contribution in [1.82, 2.24) is 10.6 Å². The van der Waals surface area contributed by atoms with Gasteiger partial charge in [-0.05, 0) is 37.1 Å². The molecule has 0 radical (unpaired) electrons. The number of rotatable bonds is 4. The van der Waals surface area contributed by atoms with Gasteiger partial charge in [-0.25, -0.2) is 0 Å². The number of hydrogen-bond acceptors (Lipinski definition) is 4. The molecule has 2 aliphatic heterocycles. The summed E-state index contributed by atoms with van der Waals surface area (Å²) >= 11 is 3.23. The summed E-state index contributed by atoms with van der Waals surface area (Å²) in [5.41, 5.74) is 2.23. The molecule has 4 heterocycles. The third-order valence-corrected chi connectivity index (χ3v) is 6.69. The van der Waals surface area contributed by atoms with Crippen LogP contribution in [0.25, 0.3) is 11.4 Å². The molecule has 0 spiro atoms. The summed E-state index contributed by atoms with van der Waals surface area (Å²) < 4.78 is 0. The van der Waals surface area contributed by atoms with Gasteiger partial charge < -0.3 is 10.6 Å². The van der Waals surface area contributed by atoms with Gasteiger partial charge in [-0.15, -0.1) is 22.7 Å². The second kappa shape index (κ2) is 5.72. The van der Waals surface area contributed by atoms with Crippen molar-refractivity contribution in [2.75, 3.05) is 0 Å². The van der Waals surface area contributed by atoms with Crippen LogP contribution in [0.2, 0.25) is 0 Å². The molecule has 0 atom stereocenters. The minimum atomic E-state index is -0.203. The number of aryl methyl sites for hydroxylation is 2. The molecular formula is C18H16N2O2S2. The molecule has 2 amide bonds. The van der Waals surface area contributed by atoms with Gasteiger partial charge in [-0.2, -0.15) is 0 Å². The summed E-state index contributed by atoms with van der Waals surface area (Å²) in [5, 5.41) is 5.80. The summed E-state index contributed by atoms with van der Waals surface area (Å²) in [6, 6.07) is 8.03. The fourth-order valence-corrected chi connectivity index (χ4v) is 4.86. The minimum absolute atomic E-state index is 0.203. The van der Waals surface area contributed by atoms with Crippen molar-refractivity contribution in [3.05, 3.63) is 54.9 Å². The Balaban J connectivity index is 1.85. The van der Waals surface area contributed by atoms with E-state index >= 15 is 0 Å². The third-order valence-electron chi connectivity index (χ3n) is 4.19. The fourth-order valence-electron chi connectivity index (χ4n) is 2.96. The Bertz CT molecular complexity index is 854. The van der Waals surface area contributed by atoms with Crippen LogP contribution in [0.5, 0.6) is 0 Å². The number of carbonyl (C=O) groups excluding carboxylic acids is 2. The van der Waals surface area contributed by atoms with E-state index in [1.54, 1.807) is 22.7 Å². The minimum Gasteiger partial charge on any atom is -0.320 e. The molecule has 0 fully saturated rings. The van der Waals surface area contributed by atoms with Crippen molar-refractivity contribution in [3.63, 3.8) is 0 Å². The molecule has 2 aliphatic rings. The first-order valence-electron chi connectivity index (χ1n) is 7.92. The lowest BCUT2D eigenvalue weighted by Gasteiger charge is -2.04. The van der Waals surface area contributed by atoms with Crippen molar-refractivity contribution in [3.8, 4) is 0 Å². The second-order valence-electron chi connectivity index (χ2n) is 5.65. The highest BCUT2D eigenvalue weighted by atomic mass is 32.1. The lowest BCUT2D eigenvalue weighted by Crippen LogP contribution is -2.20.